The molecule has 2 heterocycles. The average molecular weight is 758 g/mol. The minimum atomic E-state index is -1.02. The van der Waals surface area contributed by atoms with E-state index in [1.165, 1.54) is 36.0 Å². The lowest BCUT2D eigenvalue weighted by Crippen LogP contribution is -2.37. The first-order valence-electron chi connectivity index (χ1n) is 21.6. The third-order valence-corrected chi connectivity index (χ3v) is 13.1. The minimum Gasteiger partial charge on any atom is -0.481 e. The van der Waals surface area contributed by atoms with Crippen LogP contribution in [0, 0.1) is 29.6 Å². The summed E-state index contributed by atoms with van der Waals surface area (Å²) in [6, 6.07) is 12.8. The number of aliphatic carboxylic acids is 1. The zero-order chi connectivity index (χ0) is 39.2. The van der Waals surface area contributed by atoms with Crippen molar-refractivity contribution in [2.24, 2.45) is 35.3 Å². The number of rotatable bonds is 23. The van der Waals surface area contributed by atoms with Crippen molar-refractivity contribution < 1.29 is 25.2 Å². The second kappa shape index (κ2) is 21.3. The molecule has 3 aliphatic rings. The van der Waals surface area contributed by atoms with Gasteiger partial charge >= 0.3 is 5.97 Å². The van der Waals surface area contributed by atoms with Crippen molar-refractivity contribution in [2.45, 2.75) is 153 Å². The maximum Gasteiger partial charge on any atom is 0.309 e. The van der Waals surface area contributed by atoms with Crippen molar-refractivity contribution in [3.63, 3.8) is 0 Å². The van der Waals surface area contributed by atoms with Gasteiger partial charge in [0, 0.05) is 24.4 Å². The van der Waals surface area contributed by atoms with Crippen molar-refractivity contribution in [3.8, 4) is 0 Å². The van der Waals surface area contributed by atoms with Gasteiger partial charge in [-0.3, -0.25) is 4.79 Å². The number of nitrogens with two attached hydrogens (primary N) is 1. The van der Waals surface area contributed by atoms with Crippen LogP contribution in [0.15, 0.2) is 78.3 Å². The number of aromatic nitrogens is 1. The summed E-state index contributed by atoms with van der Waals surface area (Å²) < 4.78 is 0. The highest BCUT2D eigenvalue weighted by atomic mass is 16.4. The molecule has 1 aliphatic heterocycles. The molecule has 304 valence electrons. The molecular formula is C47H71N3O5. The van der Waals surface area contributed by atoms with Crippen LogP contribution in [-0.2, 0) is 17.6 Å². The number of carbonyl (C=O) groups is 1. The molecule has 1 saturated carbocycles. The van der Waals surface area contributed by atoms with Gasteiger partial charge in [-0.25, -0.2) is 0 Å². The Kier molecular flexibility index (Phi) is 16.6. The second-order valence-electron chi connectivity index (χ2n) is 17.5. The Labute approximate surface area is 330 Å². The molecule has 0 saturated heterocycles. The van der Waals surface area contributed by atoms with Crippen molar-refractivity contribution >= 4 is 5.97 Å². The van der Waals surface area contributed by atoms with Crippen LogP contribution in [0.5, 0.6) is 0 Å². The van der Waals surface area contributed by atoms with Crippen LogP contribution in [-0.4, -0.2) is 55.7 Å². The van der Waals surface area contributed by atoms with Gasteiger partial charge in [-0.2, -0.15) is 0 Å². The number of aliphatic hydroxyl groups is 3. The van der Waals surface area contributed by atoms with E-state index in [2.05, 4.69) is 85.0 Å². The van der Waals surface area contributed by atoms with Crippen LogP contribution in [0.2, 0.25) is 0 Å². The molecule has 0 bridgehead atoms. The lowest BCUT2D eigenvalue weighted by molar-refractivity contribution is -0.146. The zero-order valence-electron chi connectivity index (χ0n) is 33.7. The van der Waals surface area contributed by atoms with Gasteiger partial charge in [0.25, 0.3) is 0 Å². The summed E-state index contributed by atoms with van der Waals surface area (Å²) in [4.78, 5) is 15.9. The largest absolute Gasteiger partial charge is 0.481 e. The Morgan fingerprint density at radius 1 is 1.00 bits per heavy atom. The molecule has 1 aromatic heterocycles. The van der Waals surface area contributed by atoms with Gasteiger partial charge in [0.1, 0.15) is 0 Å². The molecule has 8 nitrogen and oxygen atoms in total. The first-order chi connectivity index (χ1) is 26.5. The van der Waals surface area contributed by atoms with E-state index < -0.39 is 23.6 Å². The quantitative estimate of drug-likeness (QED) is 0.0443. The maximum atomic E-state index is 12.4. The van der Waals surface area contributed by atoms with E-state index in [-0.39, 0.29) is 30.3 Å². The summed E-state index contributed by atoms with van der Waals surface area (Å²) in [5.41, 5.74) is 9.99. The lowest BCUT2D eigenvalue weighted by Gasteiger charge is -2.32. The van der Waals surface area contributed by atoms with Gasteiger partial charge < -0.3 is 36.5 Å². The van der Waals surface area contributed by atoms with Crippen molar-refractivity contribution in [2.75, 3.05) is 6.54 Å². The summed E-state index contributed by atoms with van der Waals surface area (Å²) in [5, 5.41) is 47.7. The number of H-pyrrole nitrogens is 1. The number of hydrogen-bond donors (Lipinski definition) is 7. The molecule has 1 fully saturated rings. The smallest absolute Gasteiger partial charge is 0.309 e. The van der Waals surface area contributed by atoms with E-state index in [0.717, 1.165) is 63.5 Å². The predicted molar refractivity (Wildman–Crippen MR) is 222 cm³/mol. The van der Waals surface area contributed by atoms with E-state index in [0.29, 0.717) is 56.3 Å². The molecule has 1 aromatic carbocycles. The number of unbranched alkanes of at least 4 members (excludes halogenated alkanes) is 4. The van der Waals surface area contributed by atoms with Crippen LogP contribution in [0.4, 0.5) is 0 Å². The number of hydrogen-bond acceptors (Lipinski definition) is 6. The van der Waals surface area contributed by atoms with E-state index in [9.17, 15) is 25.2 Å². The van der Waals surface area contributed by atoms with Crippen LogP contribution in [0.25, 0.3) is 0 Å². The second-order valence-corrected chi connectivity index (χ2v) is 17.5. The Bertz CT molecular complexity index is 1550. The monoisotopic (exact) mass is 758 g/mol. The molecule has 55 heavy (non-hydrogen) atoms. The van der Waals surface area contributed by atoms with E-state index in [1.54, 1.807) is 0 Å². The standard InChI is InChI=1S/C47H71N3O5/c1-3-4-7-14-35-19-20-38(44(52)27-35)15-10-6-11-16-42(46(53)54)43(51)21-23-47(55)31-37(25-36-22-24-49-45(48)28-36)26-40(47)30-41-29-39(32-50-41)33(2)17-18-34-12-8-5-9-13-34/h5,8-9,12-13,19-20,22,28-29,32-33,35,37-38,40,42-44,49-52,55H,3-4,6-7,10-11,14-18,21,23-27,30-31,48H2,1-2H3,(H,53,54). The molecule has 2 aromatic rings. The van der Waals surface area contributed by atoms with Gasteiger partial charge in [0.05, 0.1) is 29.5 Å². The fraction of sp³-hybridized carbons (Fsp3) is 0.638. The zero-order valence-corrected chi connectivity index (χ0v) is 33.7. The average Bonchev–Trinajstić information content (AvgIpc) is 3.76. The van der Waals surface area contributed by atoms with Crippen molar-refractivity contribution in [1.29, 1.82) is 0 Å². The Balaban J connectivity index is 1.14. The summed E-state index contributed by atoms with van der Waals surface area (Å²) >= 11 is 0. The molecule has 8 heteroatoms. The van der Waals surface area contributed by atoms with Gasteiger partial charge in [-0.05, 0) is 130 Å². The number of dihydropyridines is 1. The summed E-state index contributed by atoms with van der Waals surface area (Å²) in [6.45, 7) is 5.19. The van der Waals surface area contributed by atoms with E-state index in [4.69, 9.17) is 5.73 Å². The van der Waals surface area contributed by atoms with Crippen LogP contribution < -0.4 is 11.1 Å². The van der Waals surface area contributed by atoms with Crippen molar-refractivity contribution in [3.05, 3.63) is 95.1 Å². The lowest BCUT2D eigenvalue weighted by atomic mass is 9.80. The summed E-state index contributed by atoms with van der Waals surface area (Å²) in [6.07, 6.45) is 24.7. The normalized spacial score (nSPS) is 26.9. The molecule has 8 N–H and O–H groups in total. The van der Waals surface area contributed by atoms with Crippen LogP contribution in [0.1, 0.15) is 139 Å². The number of carboxylic acid groups (broad SMARTS) is 1. The minimum absolute atomic E-state index is 0.0152. The first kappa shape index (κ1) is 42.8. The van der Waals surface area contributed by atoms with Gasteiger partial charge in [-0.15, -0.1) is 0 Å². The predicted octanol–water partition coefficient (Wildman–Crippen LogP) is 8.70. The fourth-order valence-electron chi connectivity index (χ4n) is 9.67. The molecule has 5 rings (SSSR count). The topological polar surface area (TPSA) is 152 Å². The number of benzene rings is 1. The number of aromatic amines is 1. The molecule has 9 atom stereocenters. The highest BCUT2D eigenvalue weighted by Crippen LogP contribution is 2.47. The van der Waals surface area contributed by atoms with Crippen LogP contribution in [0.3, 0.4) is 0 Å². The summed E-state index contributed by atoms with van der Waals surface area (Å²) in [7, 11) is 0. The Hall–Kier alpha value is -3.33. The van der Waals surface area contributed by atoms with Gasteiger partial charge in [0.15, 0.2) is 0 Å². The van der Waals surface area contributed by atoms with Gasteiger partial charge in [0.2, 0.25) is 0 Å². The number of aryl methyl sites for hydroxylation is 1. The molecule has 2 aliphatic carbocycles. The first-order valence-corrected chi connectivity index (χ1v) is 21.6. The van der Waals surface area contributed by atoms with E-state index in [1.807, 2.05) is 6.08 Å². The SMILES string of the molecule is CCCCCC1C=CC(CCCCCC(C(=O)O)C(O)CCC2(O)CC(CC3=CCNC(N)=C3)CC2Cc2cc(C(C)CCc3ccccc3)c[nH]2)C(O)C1. The molecule has 0 radical (unpaired) electrons. The number of nitrogens with one attached hydrogen (secondary N) is 2. The molecule has 0 spiro atoms. The number of allylic oxidation sites excluding steroid dienone is 3. The Morgan fingerprint density at radius 2 is 1.80 bits per heavy atom. The third-order valence-electron chi connectivity index (χ3n) is 13.1. The third kappa shape index (κ3) is 13.1. The highest BCUT2D eigenvalue weighted by molar-refractivity contribution is 5.70. The van der Waals surface area contributed by atoms with Crippen molar-refractivity contribution in [1.82, 2.24) is 10.3 Å². The van der Waals surface area contributed by atoms with E-state index >= 15 is 0 Å². The number of aliphatic hydroxyl groups excluding tert-OH is 2. The maximum absolute atomic E-state index is 12.4. The highest BCUT2D eigenvalue weighted by Gasteiger charge is 2.46. The molecular weight excluding hydrogens is 687 g/mol. The fourth-order valence-corrected chi connectivity index (χ4v) is 9.67. The number of carboxylic acids is 1. The molecule has 0 amide bonds. The molecule has 9 unspecified atom stereocenters. The summed E-state index contributed by atoms with van der Waals surface area (Å²) in [5.74, 6) is 0.136. The Morgan fingerprint density at radius 3 is 2.55 bits per heavy atom. The van der Waals surface area contributed by atoms with Gasteiger partial charge in [-0.1, -0.05) is 101 Å². The van der Waals surface area contributed by atoms with Crippen LogP contribution >= 0.6 is 0 Å².